The van der Waals surface area contributed by atoms with Gasteiger partial charge in [0.1, 0.15) is 17.2 Å². The van der Waals surface area contributed by atoms with Gasteiger partial charge >= 0.3 is 0 Å². The van der Waals surface area contributed by atoms with Crippen molar-refractivity contribution in [3.63, 3.8) is 0 Å². The van der Waals surface area contributed by atoms with E-state index >= 15 is 0 Å². The first kappa shape index (κ1) is 14.2. The SMILES string of the molecule is CCn1nc(C)c(N)c1C(=O)N(C)Cc1ccc(C)o1. The zero-order valence-electron chi connectivity index (χ0n) is 12.3. The summed E-state index contributed by atoms with van der Waals surface area (Å²) in [5.41, 5.74) is 7.52. The van der Waals surface area contributed by atoms with Crippen LogP contribution in [-0.2, 0) is 13.1 Å². The number of rotatable bonds is 4. The van der Waals surface area contributed by atoms with E-state index in [-0.39, 0.29) is 5.91 Å². The average Bonchev–Trinajstić information content (AvgIpc) is 2.93. The molecule has 0 aromatic carbocycles. The van der Waals surface area contributed by atoms with Crippen LogP contribution in [-0.4, -0.2) is 27.6 Å². The Morgan fingerprint density at radius 2 is 2.15 bits per heavy atom. The van der Waals surface area contributed by atoms with Crippen molar-refractivity contribution in [3.8, 4) is 0 Å². The van der Waals surface area contributed by atoms with Crippen LogP contribution in [0.15, 0.2) is 16.5 Å². The summed E-state index contributed by atoms with van der Waals surface area (Å²) in [4.78, 5) is 14.1. The summed E-state index contributed by atoms with van der Waals surface area (Å²) in [6.07, 6.45) is 0. The molecule has 0 bridgehead atoms. The lowest BCUT2D eigenvalue weighted by Crippen LogP contribution is -2.29. The number of aromatic nitrogens is 2. The standard InChI is InChI=1S/C14H20N4O2/c1-5-18-13(12(15)10(3)16-18)14(19)17(4)8-11-7-6-9(2)20-11/h6-7H,5,8,15H2,1-4H3. The summed E-state index contributed by atoms with van der Waals surface area (Å²) in [5.74, 6) is 1.42. The third-order valence-corrected chi connectivity index (χ3v) is 3.21. The molecule has 2 aromatic rings. The maximum absolute atomic E-state index is 12.5. The first-order valence-corrected chi connectivity index (χ1v) is 6.57. The maximum atomic E-state index is 12.5. The highest BCUT2D eigenvalue weighted by Gasteiger charge is 2.22. The molecule has 0 aliphatic rings. The molecule has 1 amide bonds. The van der Waals surface area contributed by atoms with Crippen LogP contribution in [0.4, 0.5) is 5.69 Å². The number of nitrogens with zero attached hydrogens (tertiary/aromatic N) is 3. The number of furan rings is 1. The maximum Gasteiger partial charge on any atom is 0.274 e. The normalized spacial score (nSPS) is 10.8. The molecule has 0 saturated heterocycles. The van der Waals surface area contributed by atoms with E-state index in [2.05, 4.69) is 5.10 Å². The van der Waals surface area contributed by atoms with Gasteiger partial charge in [0.25, 0.3) is 5.91 Å². The van der Waals surface area contributed by atoms with Crippen molar-refractivity contribution in [1.82, 2.24) is 14.7 Å². The fourth-order valence-electron chi connectivity index (χ4n) is 2.11. The Hall–Kier alpha value is -2.24. The van der Waals surface area contributed by atoms with Gasteiger partial charge in [0, 0.05) is 13.6 Å². The summed E-state index contributed by atoms with van der Waals surface area (Å²) in [6.45, 7) is 6.61. The topological polar surface area (TPSA) is 77.3 Å². The van der Waals surface area contributed by atoms with Crippen LogP contribution in [0.3, 0.4) is 0 Å². The van der Waals surface area contributed by atoms with Crippen molar-refractivity contribution < 1.29 is 9.21 Å². The molecule has 2 heterocycles. The minimum atomic E-state index is -0.154. The minimum absolute atomic E-state index is 0.154. The van der Waals surface area contributed by atoms with Crippen molar-refractivity contribution in [3.05, 3.63) is 35.0 Å². The molecule has 2 rings (SSSR count). The molecule has 2 N–H and O–H groups in total. The van der Waals surface area contributed by atoms with Gasteiger partial charge in [-0.3, -0.25) is 9.48 Å². The molecular formula is C14H20N4O2. The van der Waals surface area contributed by atoms with Crippen LogP contribution < -0.4 is 5.73 Å². The van der Waals surface area contributed by atoms with Gasteiger partial charge < -0.3 is 15.1 Å². The molecule has 2 aromatic heterocycles. The van der Waals surface area contributed by atoms with E-state index in [1.807, 2.05) is 26.0 Å². The van der Waals surface area contributed by atoms with E-state index in [1.54, 1.807) is 23.6 Å². The van der Waals surface area contributed by atoms with Gasteiger partial charge in [-0.15, -0.1) is 0 Å². The van der Waals surface area contributed by atoms with Crippen LogP contribution >= 0.6 is 0 Å². The molecule has 0 spiro atoms. The van der Waals surface area contributed by atoms with Crippen molar-refractivity contribution in [2.75, 3.05) is 12.8 Å². The Bertz CT molecular complexity index is 627. The predicted octanol–water partition coefficient (Wildman–Crippen LogP) is 1.97. The second-order valence-corrected chi connectivity index (χ2v) is 4.84. The van der Waals surface area contributed by atoms with E-state index in [0.29, 0.717) is 30.2 Å². The van der Waals surface area contributed by atoms with Gasteiger partial charge in [0.2, 0.25) is 0 Å². The molecule has 0 unspecified atom stereocenters. The number of aryl methyl sites for hydroxylation is 3. The molecule has 0 aliphatic heterocycles. The van der Waals surface area contributed by atoms with E-state index in [0.717, 1.165) is 11.5 Å². The molecule has 0 radical (unpaired) electrons. The third-order valence-electron chi connectivity index (χ3n) is 3.21. The summed E-state index contributed by atoms with van der Waals surface area (Å²) >= 11 is 0. The number of anilines is 1. The fourth-order valence-corrected chi connectivity index (χ4v) is 2.11. The van der Waals surface area contributed by atoms with Gasteiger partial charge in [-0.25, -0.2) is 0 Å². The monoisotopic (exact) mass is 276 g/mol. The van der Waals surface area contributed by atoms with Gasteiger partial charge in [-0.05, 0) is 32.9 Å². The molecular weight excluding hydrogens is 256 g/mol. The number of hydrogen-bond acceptors (Lipinski definition) is 4. The number of nitrogens with two attached hydrogens (primary N) is 1. The average molecular weight is 276 g/mol. The summed E-state index contributed by atoms with van der Waals surface area (Å²) in [7, 11) is 1.72. The number of amides is 1. The number of carbonyl (C=O) groups is 1. The zero-order valence-corrected chi connectivity index (χ0v) is 12.3. The van der Waals surface area contributed by atoms with Gasteiger partial charge in [-0.2, -0.15) is 5.10 Å². The van der Waals surface area contributed by atoms with Crippen molar-refractivity contribution in [2.24, 2.45) is 0 Å². The molecule has 6 nitrogen and oxygen atoms in total. The third kappa shape index (κ3) is 2.54. The van der Waals surface area contributed by atoms with E-state index < -0.39 is 0 Å². The summed E-state index contributed by atoms with van der Waals surface area (Å²) in [5, 5.41) is 4.26. The fraction of sp³-hybridized carbons (Fsp3) is 0.429. The van der Waals surface area contributed by atoms with Gasteiger partial charge in [-0.1, -0.05) is 0 Å². The molecule has 108 valence electrons. The van der Waals surface area contributed by atoms with Crippen LogP contribution in [0.2, 0.25) is 0 Å². The van der Waals surface area contributed by atoms with Crippen LogP contribution in [0.25, 0.3) is 0 Å². The molecule has 0 saturated carbocycles. The Balaban J connectivity index is 2.22. The second-order valence-electron chi connectivity index (χ2n) is 4.84. The van der Waals surface area contributed by atoms with Crippen molar-refractivity contribution in [2.45, 2.75) is 33.9 Å². The Morgan fingerprint density at radius 3 is 2.70 bits per heavy atom. The highest BCUT2D eigenvalue weighted by molar-refractivity contribution is 5.97. The lowest BCUT2D eigenvalue weighted by Gasteiger charge is -2.16. The molecule has 20 heavy (non-hydrogen) atoms. The first-order chi connectivity index (χ1) is 9.43. The summed E-state index contributed by atoms with van der Waals surface area (Å²) < 4.78 is 7.12. The Morgan fingerprint density at radius 1 is 1.45 bits per heavy atom. The molecule has 0 fully saturated rings. The quantitative estimate of drug-likeness (QED) is 0.926. The highest BCUT2D eigenvalue weighted by Crippen LogP contribution is 2.19. The lowest BCUT2D eigenvalue weighted by atomic mass is 10.2. The lowest BCUT2D eigenvalue weighted by molar-refractivity contribution is 0.0763. The van der Waals surface area contributed by atoms with Crippen LogP contribution in [0, 0.1) is 13.8 Å². The summed E-state index contributed by atoms with van der Waals surface area (Å²) in [6, 6.07) is 3.74. The van der Waals surface area contributed by atoms with Crippen LogP contribution in [0.5, 0.6) is 0 Å². The molecule has 0 atom stereocenters. The highest BCUT2D eigenvalue weighted by atomic mass is 16.3. The van der Waals surface area contributed by atoms with Crippen LogP contribution in [0.1, 0.15) is 34.6 Å². The first-order valence-electron chi connectivity index (χ1n) is 6.57. The van der Waals surface area contributed by atoms with E-state index in [1.165, 1.54) is 0 Å². The Labute approximate surface area is 118 Å². The number of carbonyl (C=O) groups excluding carboxylic acids is 1. The minimum Gasteiger partial charge on any atom is -0.464 e. The number of hydrogen-bond donors (Lipinski definition) is 1. The number of nitrogen functional groups attached to an aromatic ring is 1. The Kier molecular flexibility index (Phi) is 3.83. The largest absolute Gasteiger partial charge is 0.464 e. The van der Waals surface area contributed by atoms with Gasteiger partial charge in [0.05, 0.1) is 17.9 Å². The predicted molar refractivity (Wildman–Crippen MR) is 76.3 cm³/mol. The molecule has 6 heteroatoms. The van der Waals surface area contributed by atoms with Gasteiger partial charge in [0.15, 0.2) is 0 Å². The second kappa shape index (κ2) is 5.40. The van der Waals surface area contributed by atoms with E-state index in [9.17, 15) is 4.79 Å². The van der Waals surface area contributed by atoms with Crippen molar-refractivity contribution >= 4 is 11.6 Å². The zero-order chi connectivity index (χ0) is 14.9. The smallest absolute Gasteiger partial charge is 0.274 e. The molecule has 0 aliphatic carbocycles. The van der Waals surface area contributed by atoms with Crippen molar-refractivity contribution in [1.29, 1.82) is 0 Å². The van der Waals surface area contributed by atoms with E-state index in [4.69, 9.17) is 10.2 Å².